The minimum atomic E-state index is -1.80. The van der Waals surface area contributed by atoms with Crippen LogP contribution in [-0.4, -0.2) is 63.8 Å². The minimum Gasteiger partial charge on any atom is -0.480 e. The van der Waals surface area contributed by atoms with E-state index in [0.717, 1.165) is 0 Å². The second-order valence-corrected chi connectivity index (χ2v) is 5.04. The van der Waals surface area contributed by atoms with E-state index in [1.807, 2.05) is 5.32 Å². The van der Waals surface area contributed by atoms with Crippen molar-refractivity contribution in [1.82, 2.24) is 16.0 Å². The van der Waals surface area contributed by atoms with Crippen LogP contribution in [-0.2, 0) is 19.2 Å². The van der Waals surface area contributed by atoms with Gasteiger partial charge in [0.2, 0.25) is 0 Å². The Balaban J connectivity index is 4.65. The van der Waals surface area contributed by atoms with Gasteiger partial charge >= 0.3 is 29.8 Å². The van der Waals surface area contributed by atoms with E-state index in [4.69, 9.17) is 15.3 Å². The molecule has 11 heteroatoms. The summed E-state index contributed by atoms with van der Waals surface area (Å²) < 4.78 is 0. The lowest BCUT2D eigenvalue weighted by molar-refractivity contribution is -0.150. The lowest BCUT2D eigenvalue weighted by atomic mass is 10.0. The Bertz CT molecular complexity index is 491. The molecule has 0 radical (unpaired) electrons. The van der Waals surface area contributed by atoms with Crippen molar-refractivity contribution in [2.24, 2.45) is 5.92 Å². The number of aliphatic carboxylic acids is 3. The van der Waals surface area contributed by atoms with E-state index in [9.17, 15) is 24.0 Å². The summed E-state index contributed by atoms with van der Waals surface area (Å²) in [6.07, 6.45) is 0.135. The van der Waals surface area contributed by atoms with E-state index in [2.05, 4.69) is 5.32 Å². The molecule has 23 heavy (non-hydrogen) atoms. The summed E-state index contributed by atoms with van der Waals surface area (Å²) in [5.41, 5.74) is 0. The lowest BCUT2D eigenvalue weighted by Gasteiger charge is -2.19. The number of carbonyl (C=O) groups excluding carboxylic acids is 2. The number of hydrogen-bond donors (Lipinski definition) is 6. The first-order valence-corrected chi connectivity index (χ1v) is 6.58. The summed E-state index contributed by atoms with van der Waals surface area (Å²) >= 11 is 0. The fourth-order valence-corrected chi connectivity index (χ4v) is 1.52. The first-order valence-electron chi connectivity index (χ1n) is 6.58. The van der Waals surface area contributed by atoms with Gasteiger partial charge in [-0.25, -0.2) is 19.2 Å². The lowest BCUT2D eigenvalue weighted by Crippen LogP contribution is -2.55. The van der Waals surface area contributed by atoms with Gasteiger partial charge in [-0.3, -0.25) is 4.79 Å². The molecular weight excluding hydrogens is 314 g/mol. The first-order chi connectivity index (χ1) is 10.5. The van der Waals surface area contributed by atoms with Gasteiger partial charge in [-0.1, -0.05) is 13.8 Å². The van der Waals surface area contributed by atoms with Crippen LogP contribution in [0, 0.1) is 5.92 Å². The quantitative estimate of drug-likeness (QED) is 0.288. The largest absolute Gasteiger partial charge is 0.480 e. The maximum Gasteiger partial charge on any atom is 0.394 e. The molecule has 0 aliphatic carbocycles. The maximum absolute atomic E-state index is 11.7. The predicted octanol–water partition coefficient (Wildman–Crippen LogP) is -1.56. The fourth-order valence-electron chi connectivity index (χ4n) is 1.52. The molecule has 11 nitrogen and oxygen atoms in total. The Morgan fingerprint density at radius 2 is 1.35 bits per heavy atom. The van der Waals surface area contributed by atoms with Crippen molar-refractivity contribution in [3.63, 3.8) is 0 Å². The number of hydrogen-bond acceptors (Lipinski definition) is 5. The summed E-state index contributed by atoms with van der Waals surface area (Å²) in [6, 6.07) is -3.89. The number of carbonyl (C=O) groups is 5. The zero-order valence-corrected chi connectivity index (χ0v) is 12.5. The van der Waals surface area contributed by atoms with Gasteiger partial charge in [0, 0.05) is 6.54 Å². The SMILES string of the molecule is CC(C)CC(NC(=O)N[C@@H](CNC(=O)C(=O)O)C(=O)O)C(=O)O. The number of carboxylic acid groups (broad SMARTS) is 3. The molecule has 0 aliphatic heterocycles. The molecule has 0 saturated heterocycles. The van der Waals surface area contributed by atoms with Crippen LogP contribution < -0.4 is 16.0 Å². The molecule has 130 valence electrons. The van der Waals surface area contributed by atoms with Crippen molar-refractivity contribution in [3.8, 4) is 0 Å². The molecule has 2 atom stereocenters. The third-order valence-corrected chi connectivity index (χ3v) is 2.57. The summed E-state index contributed by atoms with van der Waals surface area (Å²) in [7, 11) is 0. The first kappa shape index (κ1) is 20.1. The van der Waals surface area contributed by atoms with Crippen LogP contribution >= 0.6 is 0 Å². The van der Waals surface area contributed by atoms with Gasteiger partial charge in [-0.05, 0) is 12.3 Å². The molecule has 0 aliphatic rings. The van der Waals surface area contributed by atoms with Crippen molar-refractivity contribution < 1.29 is 39.3 Å². The van der Waals surface area contributed by atoms with E-state index >= 15 is 0 Å². The van der Waals surface area contributed by atoms with E-state index in [1.165, 1.54) is 0 Å². The molecule has 0 bridgehead atoms. The van der Waals surface area contributed by atoms with Crippen LogP contribution in [0.25, 0.3) is 0 Å². The molecule has 0 fully saturated rings. The molecule has 3 amide bonds. The highest BCUT2D eigenvalue weighted by Crippen LogP contribution is 2.04. The van der Waals surface area contributed by atoms with Crippen molar-refractivity contribution in [3.05, 3.63) is 0 Å². The Hall–Kier alpha value is -2.85. The highest BCUT2D eigenvalue weighted by atomic mass is 16.4. The zero-order chi connectivity index (χ0) is 18.2. The van der Waals surface area contributed by atoms with Crippen molar-refractivity contribution in [2.75, 3.05) is 6.54 Å². The number of nitrogens with one attached hydrogen (secondary N) is 3. The van der Waals surface area contributed by atoms with Gasteiger partial charge < -0.3 is 31.3 Å². The van der Waals surface area contributed by atoms with Gasteiger partial charge in [0.15, 0.2) is 0 Å². The van der Waals surface area contributed by atoms with Crippen LogP contribution in [0.4, 0.5) is 4.79 Å². The van der Waals surface area contributed by atoms with Gasteiger partial charge in [0.1, 0.15) is 12.1 Å². The van der Waals surface area contributed by atoms with E-state index in [-0.39, 0.29) is 12.3 Å². The van der Waals surface area contributed by atoms with Gasteiger partial charge in [-0.2, -0.15) is 0 Å². The fraction of sp³-hybridized carbons (Fsp3) is 0.583. The highest BCUT2D eigenvalue weighted by Gasteiger charge is 2.25. The van der Waals surface area contributed by atoms with Crippen molar-refractivity contribution in [1.29, 1.82) is 0 Å². The molecular formula is C12H19N3O8. The maximum atomic E-state index is 11.7. The second kappa shape index (κ2) is 9.23. The second-order valence-electron chi connectivity index (χ2n) is 5.04. The molecule has 0 saturated carbocycles. The topological polar surface area (TPSA) is 182 Å². The average Bonchev–Trinajstić information content (AvgIpc) is 2.41. The summed E-state index contributed by atoms with van der Waals surface area (Å²) in [4.78, 5) is 54.7. The molecule has 1 unspecified atom stereocenters. The van der Waals surface area contributed by atoms with Crippen LogP contribution in [0.1, 0.15) is 20.3 Å². The monoisotopic (exact) mass is 333 g/mol. The zero-order valence-electron chi connectivity index (χ0n) is 12.5. The summed E-state index contributed by atoms with van der Waals surface area (Å²) in [6.45, 7) is 2.82. The van der Waals surface area contributed by atoms with Gasteiger partial charge in [0.05, 0.1) is 0 Å². The Labute approximate surface area is 131 Å². The molecule has 0 rings (SSSR count). The summed E-state index contributed by atoms with van der Waals surface area (Å²) in [5, 5.41) is 32.1. The number of urea groups is 1. The number of carboxylic acids is 3. The van der Waals surface area contributed by atoms with E-state index in [0.29, 0.717) is 0 Å². The van der Waals surface area contributed by atoms with Crippen molar-refractivity contribution in [2.45, 2.75) is 32.4 Å². The highest BCUT2D eigenvalue weighted by molar-refractivity contribution is 6.31. The van der Waals surface area contributed by atoms with Gasteiger partial charge in [0.25, 0.3) is 0 Å². The Morgan fingerprint density at radius 3 is 1.74 bits per heavy atom. The Morgan fingerprint density at radius 1 is 0.870 bits per heavy atom. The number of rotatable bonds is 8. The third kappa shape index (κ3) is 8.24. The number of amides is 3. The minimum absolute atomic E-state index is 0.0264. The standard InChI is InChI=1S/C12H19N3O8/c1-5(2)3-6(9(17)18)14-12(23)15-7(10(19)20)4-13-8(16)11(21)22/h5-7H,3-4H2,1-2H3,(H,13,16)(H,17,18)(H,19,20)(H,21,22)(H2,14,15,23)/t6?,7-/m0/s1. The van der Waals surface area contributed by atoms with Crippen molar-refractivity contribution >= 4 is 29.8 Å². The van der Waals surface area contributed by atoms with Crippen LogP contribution in [0.15, 0.2) is 0 Å². The van der Waals surface area contributed by atoms with Gasteiger partial charge in [-0.15, -0.1) is 0 Å². The predicted molar refractivity (Wildman–Crippen MR) is 74.6 cm³/mol. The Kier molecular flexibility index (Phi) is 8.08. The molecule has 0 aromatic heterocycles. The van der Waals surface area contributed by atoms with Crippen LogP contribution in [0.5, 0.6) is 0 Å². The molecule has 0 spiro atoms. The average molecular weight is 333 g/mol. The molecule has 6 N–H and O–H groups in total. The van der Waals surface area contributed by atoms with Crippen LogP contribution in [0.3, 0.4) is 0 Å². The molecule has 0 aromatic rings. The van der Waals surface area contributed by atoms with E-state index < -0.39 is 48.5 Å². The third-order valence-electron chi connectivity index (χ3n) is 2.57. The normalized spacial score (nSPS) is 12.8. The molecule has 0 aromatic carbocycles. The smallest absolute Gasteiger partial charge is 0.394 e. The van der Waals surface area contributed by atoms with Crippen LogP contribution in [0.2, 0.25) is 0 Å². The summed E-state index contributed by atoms with van der Waals surface area (Å²) in [5.74, 6) is -6.06. The molecule has 0 heterocycles. The van der Waals surface area contributed by atoms with E-state index in [1.54, 1.807) is 19.2 Å².